The molecule has 0 spiro atoms. The van der Waals surface area contributed by atoms with Gasteiger partial charge in [-0.3, -0.25) is 4.79 Å². The molecule has 0 aliphatic heterocycles. The van der Waals surface area contributed by atoms with E-state index in [1.807, 2.05) is 24.3 Å². The number of aromatic nitrogens is 1. The van der Waals surface area contributed by atoms with Gasteiger partial charge in [0.1, 0.15) is 5.52 Å². The predicted molar refractivity (Wildman–Crippen MR) is 79.6 cm³/mol. The van der Waals surface area contributed by atoms with Crippen LogP contribution in [0, 0.1) is 0 Å². The van der Waals surface area contributed by atoms with Crippen LogP contribution in [0.5, 0.6) is 0 Å². The number of oxazole rings is 1. The molecule has 0 radical (unpaired) electrons. The van der Waals surface area contributed by atoms with Crippen molar-refractivity contribution in [2.24, 2.45) is 16.5 Å². The number of carbonyl (C=O) groups excluding carboxylic acids is 1. The Hall–Kier alpha value is -3.15. The van der Waals surface area contributed by atoms with Gasteiger partial charge in [-0.25, -0.2) is 4.98 Å². The van der Waals surface area contributed by atoms with Crippen LogP contribution in [0.2, 0.25) is 0 Å². The summed E-state index contributed by atoms with van der Waals surface area (Å²) in [5.41, 5.74) is 14.0. The van der Waals surface area contributed by atoms with E-state index in [4.69, 9.17) is 15.9 Å². The Kier molecular flexibility index (Phi) is 3.12. The Morgan fingerprint density at radius 2 is 1.95 bits per heavy atom. The van der Waals surface area contributed by atoms with E-state index in [0.717, 1.165) is 16.6 Å². The van der Waals surface area contributed by atoms with Crippen LogP contribution in [-0.2, 0) is 0 Å². The number of fused-ring (bicyclic) bond motifs is 1. The van der Waals surface area contributed by atoms with Gasteiger partial charge in [-0.05, 0) is 23.8 Å². The van der Waals surface area contributed by atoms with Crippen molar-refractivity contribution in [2.45, 2.75) is 0 Å². The molecule has 0 atom stereocenters. The minimum atomic E-state index is -0.482. The lowest BCUT2D eigenvalue weighted by Crippen LogP contribution is -2.24. The lowest BCUT2D eigenvalue weighted by atomic mass is 10.0. The maximum absolute atomic E-state index is 11.9. The number of para-hydroxylation sites is 1. The molecular formula is C15H12N4O2. The van der Waals surface area contributed by atoms with Gasteiger partial charge in [0.15, 0.2) is 17.9 Å². The summed E-state index contributed by atoms with van der Waals surface area (Å²) in [5.74, 6) is -0.742. The second kappa shape index (κ2) is 5.09. The average molecular weight is 280 g/mol. The first kappa shape index (κ1) is 12.9. The molecule has 1 amide bonds. The van der Waals surface area contributed by atoms with Crippen molar-refractivity contribution in [1.29, 1.82) is 0 Å². The molecule has 0 saturated carbocycles. The highest BCUT2D eigenvalue weighted by Gasteiger charge is 2.10. The summed E-state index contributed by atoms with van der Waals surface area (Å²) in [6.07, 6.45) is 1.39. The molecule has 104 valence electrons. The van der Waals surface area contributed by atoms with Crippen LogP contribution in [0.3, 0.4) is 0 Å². The van der Waals surface area contributed by atoms with E-state index in [1.165, 1.54) is 6.39 Å². The smallest absolute Gasteiger partial charge is 0.280 e. The fraction of sp³-hybridized carbons (Fsp3) is 0. The number of guanidine groups is 1. The maximum Gasteiger partial charge on any atom is 0.280 e. The molecule has 4 N–H and O–H groups in total. The van der Waals surface area contributed by atoms with Gasteiger partial charge in [0.05, 0.1) is 0 Å². The van der Waals surface area contributed by atoms with E-state index >= 15 is 0 Å². The minimum absolute atomic E-state index is 0.260. The van der Waals surface area contributed by atoms with Crippen molar-refractivity contribution in [3.63, 3.8) is 0 Å². The zero-order valence-electron chi connectivity index (χ0n) is 11.0. The Morgan fingerprint density at radius 1 is 1.14 bits per heavy atom. The molecule has 1 aromatic heterocycles. The number of carbonyl (C=O) groups is 1. The SMILES string of the molecule is NC(N)=NC(=O)c1cccc(-c2cccc3ocnc23)c1. The van der Waals surface area contributed by atoms with Gasteiger partial charge in [-0.1, -0.05) is 24.3 Å². The molecular weight excluding hydrogens is 268 g/mol. The summed E-state index contributed by atoms with van der Waals surface area (Å²) in [7, 11) is 0. The van der Waals surface area contributed by atoms with E-state index < -0.39 is 5.91 Å². The van der Waals surface area contributed by atoms with Crippen LogP contribution >= 0.6 is 0 Å². The summed E-state index contributed by atoms with van der Waals surface area (Å²) in [5, 5.41) is 0. The van der Waals surface area contributed by atoms with E-state index in [2.05, 4.69) is 9.98 Å². The Bertz CT molecular complexity index is 848. The Morgan fingerprint density at radius 3 is 2.76 bits per heavy atom. The highest BCUT2D eigenvalue weighted by atomic mass is 16.3. The lowest BCUT2D eigenvalue weighted by Gasteiger charge is -2.04. The van der Waals surface area contributed by atoms with Crippen molar-refractivity contribution < 1.29 is 9.21 Å². The third-order valence-corrected chi connectivity index (χ3v) is 3.01. The lowest BCUT2D eigenvalue weighted by molar-refractivity contribution is 0.100. The van der Waals surface area contributed by atoms with E-state index in [9.17, 15) is 4.79 Å². The molecule has 6 heteroatoms. The molecule has 0 unspecified atom stereocenters. The molecule has 6 nitrogen and oxygen atoms in total. The molecule has 0 saturated heterocycles. The standard InChI is InChI=1S/C15H12N4O2/c16-15(17)19-14(20)10-4-1-3-9(7-10)11-5-2-6-12-13(11)18-8-21-12/h1-8H,(H4,16,17,19,20). The second-order valence-corrected chi connectivity index (χ2v) is 4.43. The molecule has 1 heterocycles. The zero-order valence-corrected chi connectivity index (χ0v) is 11.0. The number of nitrogens with zero attached hydrogens (tertiary/aromatic N) is 2. The van der Waals surface area contributed by atoms with E-state index in [0.29, 0.717) is 11.1 Å². The largest absolute Gasteiger partial charge is 0.443 e. The third-order valence-electron chi connectivity index (χ3n) is 3.01. The van der Waals surface area contributed by atoms with Crippen LogP contribution in [-0.4, -0.2) is 16.9 Å². The second-order valence-electron chi connectivity index (χ2n) is 4.43. The van der Waals surface area contributed by atoms with Gasteiger partial charge in [0.25, 0.3) is 5.91 Å². The number of nitrogens with two attached hydrogens (primary N) is 2. The molecule has 3 aromatic rings. The first-order valence-corrected chi connectivity index (χ1v) is 6.22. The van der Waals surface area contributed by atoms with Crippen LogP contribution in [0.25, 0.3) is 22.2 Å². The topological polar surface area (TPSA) is 108 Å². The number of rotatable bonds is 2. The van der Waals surface area contributed by atoms with Gasteiger partial charge >= 0.3 is 0 Å². The number of hydrogen-bond acceptors (Lipinski definition) is 3. The molecule has 2 aromatic carbocycles. The summed E-state index contributed by atoms with van der Waals surface area (Å²) >= 11 is 0. The van der Waals surface area contributed by atoms with Crippen molar-refractivity contribution in [1.82, 2.24) is 4.98 Å². The molecule has 0 aliphatic carbocycles. The number of amides is 1. The summed E-state index contributed by atoms with van der Waals surface area (Å²) < 4.78 is 5.28. The van der Waals surface area contributed by atoms with Crippen LogP contribution in [0.4, 0.5) is 0 Å². The van der Waals surface area contributed by atoms with Gasteiger partial charge in [-0.15, -0.1) is 0 Å². The normalized spacial score (nSPS) is 10.5. The van der Waals surface area contributed by atoms with Crippen molar-refractivity contribution in [3.8, 4) is 11.1 Å². The van der Waals surface area contributed by atoms with Gasteiger partial charge in [0, 0.05) is 11.1 Å². The molecule has 0 fully saturated rings. The van der Waals surface area contributed by atoms with Gasteiger partial charge in [0.2, 0.25) is 0 Å². The molecule has 3 rings (SSSR count). The minimum Gasteiger partial charge on any atom is -0.443 e. The zero-order chi connectivity index (χ0) is 14.8. The average Bonchev–Trinajstić information content (AvgIpc) is 2.95. The monoisotopic (exact) mass is 280 g/mol. The molecule has 0 bridgehead atoms. The van der Waals surface area contributed by atoms with Crippen LogP contribution in [0.1, 0.15) is 10.4 Å². The highest BCUT2D eigenvalue weighted by Crippen LogP contribution is 2.28. The summed E-state index contributed by atoms with van der Waals surface area (Å²) in [4.78, 5) is 19.6. The number of hydrogen-bond donors (Lipinski definition) is 2. The number of aliphatic imine (C=N–C) groups is 1. The first-order valence-electron chi connectivity index (χ1n) is 6.22. The highest BCUT2D eigenvalue weighted by molar-refractivity contribution is 6.03. The first-order chi connectivity index (χ1) is 10.1. The fourth-order valence-electron chi connectivity index (χ4n) is 2.12. The maximum atomic E-state index is 11.9. The van der Waals surface area contributed by atoms with Gasteiger partial charge < -0.3 is 15.9 Å². The van der Waals surface area contributed by atoms with Crippen molar-refractivity contribution in [2.75, 3.05) is 0 Å². The van der Waals surface area contributed by atoms with Crippen molar-refractivity contribution in [3.05, 3.63) is 54.4 Å². The Balaban J connectivity index is 2.10. The molecule has 21 heavy (non-hydrogen) atoms. The van der Waals surface area contributed by atoms with E-state index in [1.54, 1.807) is 18.2 Å². The van der Waals surface area contributed by atoms with Crippen LogP contribution in [0.15, 0.2) is 58.3 Å². The van der Waals surface area contributed by atoms with E-state index in [-0.39, 0.29) is 5.96 Å². The third kappa shape index (κ3) is 2.46. The molecule has 0 aliphatic rings. The quantitative estimate of drug-likeness (QED) is 0.550. The predicted octanol–water partition coefficient (Wildman–Crippen LogP) is 1.91. The van der Waals surface area contributed by atoms with Crippen LogP contribution < -0.4 is 11.5 Å². The van der Waals surface area contributed by atoms with Gasteiger partial charge in [-0.2, -0.15) is 4.99 Å². The Labute approximate surface area is 120 Å². The summed E-state index contributed by atoms with van der Waals surface area (Å²) in [6.45, 7) is 0. The number of benzene rings is 2. The van der Waals surface area contributed by atoms with Crippen molar-refractivity contribution >= 4 is 23.0 Å². The summed E-state index contributed by atoms with van der Waals surface area (Å²) in [6, 6.07) is 12.6. The fourth-order valence-corrected chi connectivity index (χ4v) is 2.12.